The van der Waals surface area contributed by atoms with Crippen LogP contribution in [0.3, 0.4) is 0 Å². The first-order valence-corrected chi connectivity index (χ1v) is 5.91. The number of carbonyl (C=O) groups is 1. The van der Waals surface area contributed by atoms with Gasteiger partial charge in [-0.1, -0.05) is 6.08 Å². The van der Waals surface area contributed by atoms with Crippen LogP contribution in [0.15, 0.2) is 70.6 Å². The molecule has 0 aromatic carbocycles. The molecule has 3 nitrogen and oxygen atoms in total. The second-order valence-electron chi connectivity index (χ2n) is 4.59. The van der Waals surface area contributed by atoms with Gasteiger partial charge in [0.15, 0.2) is 0 Å². The second-order valence-corrected chi connectivity index (χ2v) is 4.59. The lowest BCUT2D eigenvalue weighted by molar-refractivity contribution is -0.112. The highest BCUT2D eigenvalue weighted by molar-refractivity contribution is 6.09. The van der Waals surface area contributed by atoms with Crippen LogP contribution in [0.4, 0.5) is 5.69 Å². The summed E-state index contributed by atoms with van der Waals surface area (Å²) in [6.45, 7) is 0. The number of anilines is 1. The minimum atomic E-state index is -0.0544. The smallest absolute Gasteiger partial charge is 0.256 e. The fraction of sp³-hybridized carbons (Fsp3) is 0.0667. The normalized spacial score (nSPS) is 18.8. The van der Waals surface area contributed by atoms with Gasteiger partial charge in [0.1, 0.15) is 0 Å². The van der Waals surface area contributed by atoms with E-state index in [2.05, 4.69) is 16.4 Å². The van der Waals surface area contributed by atoms with Crippen molar-refractivity contribution in [2.45, 2.75) is 6.42 Å². The Bertz CT molecular complexity index is 690. The largest absolute Gasteiger partial charge is 0.322 e. The summed E-state index contributed by atoms with van der Waals surface area (Å²) in [7, 11) is 0. The van der Waals surface area contributed by atoms with Gasteiger partial charge in [-0.15, -0.1) is 0 Å². The van der Waals surface area contributed by atoms with Crippen LogP contribution in [0.2, 0.25) is 0 Å². The van der Waals surface area contributed by atoms with Gasteiger partial charge >= 0.3 is 0 Å². The molecule has 3 heteroatoms. The highest BCUT2D eigenvalue weighted by Gasteiger charge is 2.35. The molecule has 1 fully saturated rings. The van der Waals surface area contributed by atoms with Crippen molar-refractivity contribution in [2.75, 3.05) is 5.32 Å². The predicted molar refractivity (Wildman–Crippen MR) is 68.8 cm³/mol. The standard InChI is InChI=1S/C15H10N2O/c18-15(17-10-3-5-16-6-4-10)12-2-1-11-13-7-9(13)8-14(11)12/h1-6,8H,7H2,(H,16,17,18). The van der Waals surface area contributed by atoms with Gasteiger partial charge in [0, 0.05) is 23.7 Å². The minimum Gasteiger partial charge on any atom is -0.322 e. The zero-order valence-electron chi connectivity index (χ0n) is 9.60. The third-order valence-corrected chi connectivity index (χ3v) is 3.45. The van der Waals surface area contributed by atoms with Crippen molar-refractivity contribution in [1.29, 1.82) is 0 Å². The Labute approximate surface area is 104 Å². The summed E-state index contributed by atoms with van der Waals surface area (Å²) in [5.41, 5.74) is 6.65. The molecule has 0 radical (unpaired) electrons. The highest BCUT2D eigenvalue weighted by atomic mass is 16.1. The van der Waals surface area contributed by atoms with E-state index in [-0.39, 0.29) is 5.91 Å². The van der Waals surface area contributed by atoms with Crippen molar-refractivity contribution in [1.82, 2.24) is 4.98 Å². The molecular weight excluding hydrogens is 224 g/mol. The first-order chi connectivity index (χ1) is 8.83. The number of hydrogen-bond donors (Lipinski definition) is 1. The lowest BCUT2D eigenvalue weighted by Crippen LogP contribution is -2.13. The summed E-state index contributed by atoms with van der Waals surface area (Å²) >= 11 is 0. The van der Waals surface area contributed by atoms with E-state index in [0.717, 1.165) is 23.3 Å². The molecule has 0 aliphatic heterocycles. The Morgan fingerprint density at radius 1 is 1.17 bits per heavy atom. The van der Waals surface area contributed by atoms with Crippen molar-refractivity contribution in [3.63, 3.8) is 0 Å². The number of hydrogen-bond acceptors (Lipinski definition) is 2. The number of amides is 1. The molecule has 1 aromatic heterocycles. The van der Waals surface area contributed by atoms with Crippen LogP contribution in [0.5, 0.6) is 0 Å². The van der Waals surface area contributed by atoms with E-state index in [9.17, 15) is 4.79 Å². The van der Waals surface area contributed by atoms with Crippen LogP contribution in [-0.2, 0) is 4.79 Å². The number of allylic oxidation sites excluding steroid dienone is 6. The summed E-state index contributed by atoms with van der Waals surface area (Å²) in [6, 6.07) is 3.57. The van der Waals surface area contributed by atoms with Crippen LogP contribution >= 0.6 is 0 Å². The molecule has 3 aliphatic carbocycles. The molecule has 0 bridgehead atoms. The van der Waals surface area contributed by atoms with Gasteiger partial charge < -0.3 is 5.32 Å². The molecule has 1 aromatic rings. The minimum absolute atomic E-state index is 0.0544. The Kier molecular flexibility index (Phi) is 1.75. The monoisotopic (exact) mass is 234 g/mol. The van der Waals surface area contributed by atoms with E-state index < -0.39 is 0 Å². The molecule has 1 N–H and O–H groups in total. The van der Waals surface area contributed by atoms with Crippen LogP contribution in [0.25, 0.3) is 0 Å². The fourth-order valence-electron chi connectivity index (χ4n) is 2.47. The first kappa shape index (κ1) is 9.59. The predicted octanol–water partition coefficient (Wildman–Crippen LogP) is 2.53. The topological polar surface area (TPSA) is 42.0 Å². The molecule has 0 saturated heterocycles. The maximum atomic E-state index is 12.2. The van der Waals surface area contributed by atoms with E-state index in [1.54, 1.807) is 24.5 Å². The molecule has 1 amide bonds. The second kappa shape index (κ2) is 3.29. The van der Waals surface area contributed by atoms with E-state index in [0.29, 0.717) is 0 Å². The molecule has 4 rings (SSSR count). The molecule has 3 aliphatic rings. The van der Waals surface area contributed by atoms with Crippen LogP contribution < -0.4 is 5.32 Å². The average Bonchev–Trinajstić information content (AvgIpc) is 2.86. The van der Waals surface area contributed by atoms with Crippen molar-refractivity contribution in [3.05, 3.63) is 70.6 Å². The van der Waals surface area contributed by atoms with Crippen molar-refractivity contribution >= 4 is 11.6 Å². The number of pyridine rings is 1. The van der Waals surface area contributed by atoms with Crippen molar-refractivity contribution in [2.24, 2.45) is 0 Å². The number of rotatable bonds is 2. The van der Waals surface area contributed by atoms with E-state index in [1.807, 2.05) is 12.2 Å². The molecular formula is C15H10N2O. The molecule has 1 saturated carbocycles. The van der Waals surface area contributed by atoms with Gasteiger partial charge in [-0.25, -0.2) is 0 Å². The Hall–Kier alpha value is -2.42. The highest BCUT2D eigenvalue weighted by Crippen LogP contribution is 2.51. The molecule has 0 unspecified atom stereocenters. The summed E-state index contributed by atoms with van der Waals surface area (Å²) < 4.78 is 0. The Morgan fingerprint density at radius 3 is 2.83 bits per heavy atom. The number of nitrogens with zero attached hydrogens (tertiary/aromatic N) is 1. The maximum Gasteiger partial charge on any atom is 0.256 e. The molecule has 1 heterocycles. The molecule has 18 heavy (non-hydrogen) atoms. The van der Waals surface area contributed by atoms with Gasteiger partial charge in [0.25, 0.3) is 5.91 Å². The van der Waals surface area contributed by atoms with E-state index >= 15 is 0 Å². The van der Waals surface area contributed by atoms with Crippen molar-refractivity contribution in [3.8, 4) is 0 Å². The van der Waals surface area contributed by atoms with Crippen molar-refractivity contribution < 1.29 is 4.79 Å². The van der Waals surface area contributed by atoms with Crippen LogP contribution in [0, 0.1) is 0 Å². The fourth-order valence-corrected chi connectivity index (χ4v) is 2.47. The lowest BCUT2D eigenvalue weighted by Gasteiger charge is -2.05. The summed E-state index contributed by atoms with van der Waals surface area (Å²) in [5.74, 6) is -0.0544. The van der Waals surface area contributed by atoms with Gasteiger partial charge in [-0.3, -0.25) is 9.78 Å². The summed E-state index contributed by atoms with van der Waals surface area (Å²) in [4.78, 5) is 16.1. The molecule has 0 spiro atoms. The zero-order chi connectivity index (χ0) is 12.1. The molecule has 86 valence electrons. The molecule has 0 atom stereocenters. The number of aromatic nitrogens is 1. The lowest BCUT2D eigenvalue weighted by atomic mass is 10.1. The Morgan fingerprint density at radius 2 is 2.00 bits per heavy atom. The third kappa shape index (κ3) is 1.31. The summed E-state index contributed by atoms with van der Waals surface area (Å²) in [6.07, 6.45) is 10.5. The average molecular weight is 234 g/mol. The first-order valence-electron chi connectivity index (χ1n) is 5.91. The Balaban J connectivity index is 1.64. The maximum absolute atomic E-state index is 12.2. The van der Waals surface area contributed by atoms with Crippen LogP contribution in [-0.4, -0.2) is 10.9 Å². The summed E-state index contributed by atoms with van der Waals surface area (Å²) in [5, 5.41) is 2.89. The van der Waals surface area contributed by atoms with Gasteiger partial charge in [-0.2, -0.15) is 0 Å². The quantitative estimate of drug-likeness (QED) is 0.854. The van der Waals surface area contributed by atoms with Gasteiger partial charge in [-0.05, 0) is 53.0 Å². The zero-order valence-corrected chi connectivity index (χ0v) is 9.60. The third-order valence-electron chi connectivity index (χ3n) is 3.45. The van der Waals surface area contributed by atoms with Crippen LogP contribution in [0.1, 0.15) is 6.42 Å². The van der Waals surface area contributed by atoms with E-state index in [1.165, 1.54) is 16.7 Å². The van der Waals surface area contributed by atoms with Gasteiger partial charge in [0.05, 0.1) is 0 Å². The number of carbonyl (C=O) groups excluding carboxylic acids is 1. The number of nitrogens with one attached hydrogen (secondary N) is 1. The SMILES string of the molecule is O=C(Nc1ccncc1)C1=C2C=C3CC3=C2C=C1. The van der Waals surface area contributed by atoms with E-state index in [4.69, 9.17) is 0 Å². The van der Waals surface area contributed by atoms with Gasteiger partial charge in [0.2, 0.25) is 0 Å². The number of fused-ring (bicyclic) bond motifs is 2.